The first-order valence-corrected chi connectivity index (χ1v) is 18.6. The van der Waals surface area contributed by atoms with Crippen molar-refractivity contribution >= 4 is 20.5 Å². The van der Waals surface area contributed by atoms with E-state index in [0.29, 0.717) is 6.42 Å². The molecular weight excluding hydrogens is 560 g/mol. The second-order valence-electron chi connectivity index (χ2n) is 12.7. The normalized spacial score (nSPS) is 13.2. The first kappa shape index (κ1) is 36.3. The van der Waals surface area contributed by atoms with Gasteiger partial charge in [0, 0.05) is 0 Å². The molecular formula is C34H54N2O6Si. The van der Waals surface area contributed by atoms with Gasteiger partial charge in [-0.25, -0.2) is 20.0 Å². The zero-order chi connectivity index (χ0) is 31.7. The lowest BCUT2D eigenvalue weighted by molar-refractivity contribution is -0.0140. The van der Waals surface area contributed by atoms with Gasteiger partial charge in [-0.15, -0.1) is 0 Å². The van der Waals surface area contributed by atoms with Crippen molar-refractivity contribution in [2.45, 2.75) is 123 Å². The van der Waals surface area contributed by atoms with E-state index in [-0.39, 0.29) is 18.3 Å². The van der Waals surface area contributed by atoms with Crippen LogP contribution >= 0.6 is 0 Å². The Bertz CT molecular complexity index is 1060. The van der Waals surface area contributed by atoms with E-state index in [1.54, 1.807) is 0 Å². The second-order valence-corrected chi connectivity index (χ2v) is 17.4. The van der Waals surface area contributed by atoms with Crippen molar-refractivity contribution in [3.8, 4) is 0 Å². The molecule has 2 amide bonds. The summed E-state index contributed by atoms with van der Waals surface area (Å²) in [5.74, 6) is 0. The van der Waals surface area contributed by atoms with Crippen molar-refractivity contribution in [2.75, 3.05) is 6.61 Å². The van der Waals surface area contributed by atoms with Gasteiger partial charge >= 0.3 is 12.2 Å². The number of ether oxygens (including phenoxy) is 2. The number of nitrogens with zero attached hydrogens (tertiary/aromatic N) is 1. The summed E-state index contributed by atoms with van der Waals surface area (Å²) in [6, 6.07) is 17.7. The zero-order valence-electron chi connectivity index (χ0n) is 27.1. The van der Waals surface area contributed by atoms with Gasteiger partial charge in [0.05, 0.1) is 12.7 Å². The first-order valence-electron chi connectivity index (χ1n) is 15.7. The molecule has 2 rings (SSSR count). The number of benzene rings is 2. The maximum absolute atomic E-state index is 13.5. The summed E-state index contributed by atoms with van der Waals surface area (Å²) in [7, 11) is -2.32. The number of amides is 2. The molecule has 0 aliphatic carbocycles. The fraction of sp³-hybridized carbons (Fsp3) is 0.588. The number of aliphatic hydroxyl groups excluding tert-OH is 1. The Kier molecular flexibility index (Phi) is 15.8. The molecule has 0 radical (unpaired) electrons. The fourth-order valence-corrected chi connectivity index (χ4v) is 5.85. The molecule has 0 saturated heterocycles. The summed E-state index contributed by atoms with van der Waals surface area (Å²) in [4.78, 5) is 26.5. The number of rotatable bonds is 17. The van der Waals surface area contributed by atoms with Crippen LogP contribution < -0.4 is 5.43 Å². The third-order valence-corrected chi connectivity index (χ3v) is 12.6. The summed E-state index contributed by atoms with van der Waals surface area (Å²) in [6.45, 7) is 12.6. The van der Waals surface area contributed by atoms with Gasteiger partial charge in [-0.2, -0.15) is 0 Å². The fourth-order valence-electron chi connectivity index (χ4n) is 4.46. The van der Waals surface area contributed by atoms with E-state index in [1.165, 1.54) is 25.7 Å². The number of nitrogens with one attached hydrogen (secondary N) is 1. The van der Waals surface area contributed by atoms with E-state index in [1.807, 2.05) is 60.7 Å². The van der Waals surface area contributed by atoms with E-state index in [0.717, 1.165) is 35.4 Å². The second kappa shape index (κ2) is 18.7. The topological polar surface area (TPSA) is 97.3 Å². The summed E-state index contributed by atoms with van der Waals surface area (Å²) >= 11 is 0. The number of carbonyl (C=O) groups is 2. The number of hydrazine groups is 1. The van der Waals surface area contributed by atoms with Gasteiger partial charge in [-0.3, -0.25) is 0 Å². The highest BCUT2D eigenvalue weighted by molar-refractivity contribution is 6.74. The Balaban J connectivity index is 2.26. The molecule has 0 aliphatic rings. The minimum atomic E-state index is -2.32. The Morgan fingerprint density at radius 2 is 1.35 bits per heavy atom. The zero-order valence-corrected chi connectivity index (χ0v) is 28.1. The van der Waals surface area contributed by atoms with Crippen LogP contribution in [0.5, 0.6) is 0 Å². The SMILES string of the molecule is CCCCCCCCC[C@@H](O[Si](C)(C)C(C)(C)C)[C@H](CO)N(NC(=O)OCc1ccccc1)C(=O)OCc1ccccc1. The molecule has 0 aliphatic heterocycles. The third-order valence-electron chi connectivity index (χ3n) is 8.12. The molecule has 43 heavy (non-hydrogen) atoms. The van der Waals surface area contributed by atoms with Gasteiger partial charge < -0.3 is 19.0 Å². The first-order chi connectivity index (χ1) is 20.5. The van der Waals surface area contributed by atoms with Gasteiger partial charge in [-0.1, -0.05) is 133 Å². The Labute approximate surface area is 260 Å². The molecule has 0 bridgehead atoms. The van der Waals surface area contributed by atoms with E-state index in [4.69, 9.17) is 13.9 Å². The van der Waals surface area contributed by atoms with Gasteiger partial charge in [0.2, 0.25) is 0 Å². The molecule has 240 valence electrons. The van der Waals surface area contributed by atoms with Crippen LogP contribution in [0.1, 0.15) is 90.2 Å². The van der Waals surface area contributed by atoms with E-state index in [9.17, 15) is 14.7 Å². The predicted molar refractivity (Wildman–Crippen MR) is 174 cm³/mol. The van der Waals surface area contributed by atoms with Crippen LogP contribution in [0, 0.1) is 0 Å². The Morgan fingerprint density at radius 1 is 0.837 bits per heavy atom. The lowest BCUT2D eigenvalue weighted by atomic mass is 10.0. The molecule has 2 N–H and O–H groups in total. The van der Waals surface area contributed by atoms with Crippen molar-refractivity contribution in [1.29, 1.82) is 0 Å². The molecule has 2 atom stereocenters. The molecule has 0 saturated carbocycles. The van der Waals surface area contributed by atoms with E-state index in [2.05, 4.69) is 46.2 Å². The van der Waals surface area contributed by atoms with Crippen LogP contribution in [0.4, 0.5) is 9.59 Å². The quantitative estimate of drug-likeness (QED) is 0.106. The van der Waals surface area contributed by atoms with Gasteiger partial charge in [-0.05, 0) is 35.7 Å². The number of unbranched alkanes of at least 4 members (excludes halogenated alkanes) is 6. The van der Waals surface area contributed by atoms with Crippen LogP contribution in [0.15, 0.2) is 60.7 Å². The van der Waals surface area contributed by atoms with Crippen molar-refractivity contribution in [3.63, 3.8) is 0 Å². The highest BCUT2D eigenvalue weighted by Gasteiger charge is 2.43. The van der Waals surface area contributed by atoms with Crippen molar-refractivity contribution in [1.82, 2.24) is 10.4 Å². The van der Waals surface area contributed by atoms with Crippen LogP contribution in [0.25, 0.3) is 0 Å². The smallest absolute Gasteiger partial charge is 0.429 e. The Morgan fingerprint density at radius 3 is 1.86 bits per heavy atom. The molecule has 0 fully saturated rings. The minimum Gasteiger partial charge on any atom is -0.443 e. The number of carbonyl (C=O) groups excluding carboxylic acids is 2. The highest BCUT2D eigenvalue weighted by Crippen LogP contribution is 2.38. The van der Waals surface area contributed by atoms with Crippen LogP contribution in [0.3, 0.4) is 0 Å². The molecule has 0 spiro atoms. The monoisotopic (exact) mass is 614 g/mol. The standard InChI is InChI=1S/C34H54N2O6Si/c1-7-8-9-10-11-12-19-24-31(42-43(5,6)34(2,3)4)30(25-37)36(33(39)41-27-29-22-17-14-18-23-29)35-32(38)40-26-28-20-15-13-16-21-28/h13-18,20-23,30-31,37H,7-12,19,24-27H2,1-6H3,(H,35,38)/t30-,31+/m0/s1. The summed E-state index contributed by atoms with van der Waals surface area (Å²) in [5.41, 5.74) is 4.20. The molecule has 2 aromatic carbocycles. The van der Waals surface area contributed by atoms with E-state index >= 15 is 0 Å². The molecule has 0 aromatic heterocycles. The molecule has 9 heteroatoms. The van der Waals surface area contributed by atoms with Gasteiger partial charge in [0.25, 0.3) is 0 Å². The maximum atomic E-state index is 13.5. The summed E-state index contributed by atoms with van der Waals surface area (Å²) in [6.07, 6.45) is 6.43. The lowest BCUT2D eigenvalue weighted by Crippen LogP contribution is -2.60. The van der Waals surface area contributed by atoms with Gasteiger partial charge in [0.15, 0.2) is 8.32 Å². The molecule has 2 aromatic rings. The van der Waals surface area contributed by atoms with E-state index < -0.39 is 39.3 Å². The predicted octanol–water partition coefficient (Wildman–Crippen LogP) is 8.36. The lowest BCUT2D eigenvalue weighted by Gasteiger charge is -2.43. The Hall–Kier alpha value is -2.88. The van der Waals surface area contributed by atoms with Crippen LogP contribution in [-0.4, -0.2) is 49.4 Å². The third kappa shape index (κ3) is 13.1. The largest absolute Gasteiger partial charge is 0.443 e. The molecule has 0 unspecified atom stereocenters. The minimum absolute atomic E-state index is 0.0145. The molecule has 8 nitrogen and oxygen atoms in total. The van der Waals surface area contributed by atoms with Gasteiger partial charge in [0.1, 0.15) is 19.3 Å². The van der Waals surface area contributed by atoms with Crippen LogP contribution in [-0.2, 0) is 27.1 Å². The number of hydrogen-bond acceptors (Lipinski definition) is 6. The average molecular weight is 615 g/mol. The summed E-state index contributed by atoms with van der Waals surface area (Å²) < 4.78 is 17.9. The van der Waals surface area contributed by atoms with Crippen molar-refractivity contribution in [2.24, 2.45) is 0 Å². The number of hydrogen-bond donors (Lipinski definition) is 2. The van der Waals surface area contributed by atoms with Crippen molar-refractivity contribution < 1.29 is 28.6 Å². The molecule has 0 heterocycles. The number of aliphatic hydroxyl groups is 1. The average Bonchev–Trinajstić information content (AvgIpc) is 2.98. The maximum Gasteiger partial charge on any atom is 0.429 e. The summed E-state index contributed by atoms with van der Waals surface area (Å²) in [5, 5.41) is 11.7. The van der Waals surface area contributed by atoms with Crippen molar-refractivity contribution in [3.05, 3.63) is 71.8 Å². The highest BCUT2D eigenvalue weighted by atomic mass is 28.4. The van der Waals surface area contributed by atoms with Crippen LogP contribution in [0.2, 0.25) is 18.1 Å².